The summed E-state index contributed by atoms with van der Waals surface area (Å²) < 4.78 is 60.0. The highest BCUT2D eigenvalue weighted by atomic mass is 19.4. The van der Waals surface area contributed by atoms with Crippen LogP contribution >= 0.6 is 0 Å². The molecular formula is C27H27F3N2O5. The largest absolute Gasteiger partial charge is 0.493 e. The number of pyridine rings is 1. The second-order valence-electron chi connectivity index (χ2n) is 8.52. The standard InChI is InChI=1S/C27H27F3N2O5/c1-34-11-12-36-22-9-10-31-23(14-22)26(33)32-15-20(16-32)19-5-8-24(25(13-19)35-2)37-17-18-3-6-21(7-4-18)27(28,29)30/h3-10,13-14,20H,11-12,15-17H2,1-2H3. The summed E-state index contributed by atoms with van der Waals surface area (Å²) in [6, 6.07) is 13.7. The number of hydrogen-bond donors (Lipinski definition) is 0. The van der Waals surface area contributed by atoms with Crippen LogP contribution in [0.15, 0.2) is 60.8 Å². The molecule has 1 saturated heterocycles. The van der Waals surface area contributed by atoms with Crippen molar-refractivity contribution in [1.82, 2.24) is 9.88 Å². The zero-order valence-electron chi connectivity index (χ0n) is 20.5. The molecule has 37 heavy (non-hydrogen) atoms. The molecule has 2 aromatic carbocycles. The Morgan fingerprint density at radius 1 is 0.973 bits per heavy atom. The maximum Gasteiger partial charge on any atom is 0.416 e. The Labute approximate surface area is 212 Å². The number of likely N-dealkylation sites (tertiary alicyclic amines) is 1. The number of amides is 1. The number of hydrogen-bond acceptors (Lipinski definition) is 6. The van der Waals surface area contributed by atoms with E-state index in [0.717, 1.165) is 17.7 Å². The Balaban J connectivity index is 1.33. The van der Waals surface area contributed by atoms with Gasteiger partial charge < -0.3 is 23.8 Å². The number of carbonyl (C=O) groups excluding carboxylic acids is 1. The molecule has 7 nitrogen and oxygen atoms in total. The number of ether oxygens (including phenoxy) is 4. The lowest BCUT2D eigenvalue weighted by Crippen LogP contribution is -2.48. The summed E-state index contributed by atoms with van der Waals surface area (Å²) in [6.07, 6.45) is -2.83. The number of rotatable bonds is 10. The lowest BCUT2D eigenvalue weighted by molar-refractivity contribution is -0.137. The van der Waals surface area contributed by atoms with Crippen molar-refractivity contribution >= 4 is 5.91 Å². The molecule has 196 valence electrons. The molecule has 1 amide bonds. The van der Waals surface area contributed by atoms with Gasteiger partial charge in [-0.2, -0.15) is 13.2 Å². The number of nitrogens with zero attached hydrogens (tertiary/aromatic N) is 2. The molecule has 0 saturated carbocycles. The van der Waals surface area contributed by atoms with Gasteiger partial charge in [-0.25, -0.2) is 0 Å². The van der Waals surface area contributed by atoms with Crippen LogP contribution in [0.5, 0.6) is 17.2 Å². The van der Waals surface area contributed by atoms with E-state index in [2.05, 4.69) is 4.98 Å². The van der Waals surface area contributed by atoms with Crippen LogP contribution in [-0.4, -0.2) is 56.3 Å². The van der Waals surface area contributed by atoms with Gasteiger partial charge in [0.05, 0.1) is 19.3 Å². The minimum atomic E-state index is -4.38. The van der Waals surface area contributed by atoms with Crippen molar-refractivity contribution in [2.75, 3.05) is 40.5 Å². The van der Waals surface area contributed by atoms with Gasteiger partial charge in [0.15, 0.2) is 11.5 Å². The molecule has 10 heteroatoms. The monoisotopic (exact) mass is 516 g/mol. The minimum absolute atomic E-state index is 0.0980. The molecule has 0 spiro atoms. The van der Waals surface area contributed by atoms with Gasteiger partial charge in [0, 0.05) is 38.4 Å². The molecule has 4 rings (SSSR count). The third-order valence-electron chi connectivity index (χ3n) is 6.01. The zero-order valence-corrected chi connectivity index (χ0v) is 20.5. The van der Waals surface area contributed by atoms with E-state index in [0.29, 0.717) is 54.8 Å². The molecule has 0 N–H and O–H groups in total. The number of alkyl halides is 3. The van der Waals surface area contributed by atoms with Crippen molar-refractivity contribution in [2.45, 2.75) is 18.7 Å². The highest BCUT2D eigenvalue weighted by Gasteiger charge is 2.33. The van der Waals surface area contributed by atoms with E-state index in [-0.39, 0.29) is 18.4 Å². The van der Waals surface area contributed by atoms with Gasteiger partial charge in [0.25, 0.3) is 5.91 Å². The third-order valence-corrected chi connectivity index (χ3v) is 6.01. The van der Waals surface area contributed by atoms with Crippen LogP contribution in [-0.2, 0) is 17.5 Å². The van der Waals surface area contributed by atoms with Crippen molar-refractivity contribution in [1.29, 1.82) is 0 Å². The van der Waals surface area contributed by atoms with E-state index in [4.69, 9.17) is 18.9 Å². The van der Waals surface area contributed by atoms with Gasteiger partial charge in [0.2, 0.25) is 0 Å². The summed E-state index contributed by atoms with van der Waals surface area (Å²) in [7, 11) is 3.11. The fourth-order valence-corrected chi connectivity index (χ4v) is 3.89. The van der Waals surface area contributed by atoms with Gasteiger partial charge in [-0.05, 0) is 41.5 Å². The Bertz CT molecular complexity index is 1210. The van der Waals surface area contributed by atoms with Crippen LogP contribution in [0.25, 0.3) is 0 Å². The number of benzene rings is 2. The predicted molar refractivity (Wildman–Crippen MR) is 129 cm³/mol. The van der Waals surface area contributed by atoms with Crippen LogP contribution in [0, 0.1) is 0 Å². The highest BCUT2D eigenvalue weighted by Crippen LogP contribution is 2.36. The Kier molecular flexibility index (Phi) is 8.17. The van der Waals surface area contributed by atoms with E-state index >= 15 is 0 Å². The lowest BCUT2D eigenvalue weighted by atomic mass is 9.91. The van der Waals surface area contributed by atoms with Crippen LogP contribution in [0.4, 0.5) is 13.2 Å². The molecule has 1 fully saturated rings. The van der Waals surface area contributed by atoms with Crippen LogP contribution in [0.1, 0.15) is 33.1 Å². The molecule has 1 aliphatic heterocycles. The molecular weight excluding hydrogens is 489 g/mol. The lowest BCUT2D eigenvalue weighted by Gasteiger charge is -2.39. The molecule has 2 heterocycles. The SMILES string of the molecule is COCCOc1ccnc(C(=O)N2CC(c3ccc(OCc4ccc(C(F)(F)F)cc4)c(OC)c3)C2)c1. The van der Waals surface area contributed by atoms with Crippen molar-refractivity contribution in [3.63, 3.8) is 0 Å². The van der Waals surface area contributed by atoms with Crippen LogP contribution < -0.4 is 14.2 Å². The maximum absolute atomic E-state index is 12.8. The van der Waals surface area contributed by atoms with Gasteiger partial charge in [-0.15, -0.1) is 0 Å². The van der Waals surface area contributed by atoms with Gasteiger partial charge in [-0.1, -0.05) is 18.2 Å². The first-order valence-electron chi connectivity index (χ1n) is 11.6. The van der Waals surface area contributed by atoms with E-state index in [9.17, 15) is 18.0 Å². The average Bonchev–Trinajstić information content (AvgIpc) is 2.87. The summed E-state index contributed by atoms with van der Waals surface area (Å²) >= 11 is 0. The summed E-state index contributed by atoms with van der Waals surface area (Å²) in [5.41, 5.74) is 1.21. The van der Waals surface area contributed by atoms with E-state index in [1.807, 2.05) is 12.1 Å². The number of carbonyl (C=O) groups is 1. The average molecular weight is 517 g/mol. The second kappa shape index (κ2) is 11.5. The van der Waals surface area contributed by atoms with Crippen molar-refractivity contribution in [3.05, 3.63) is 83.2 Å². The summed E-state index contributed by atoms with van der Waals surface area (Å²) in [5.74, 6) is 1.51. The number of methoxy groups -OCH3 is 2. The number of aromatic nitrogens is 1. The van der Waals surface area contributed by atoms with Crippen molar-refractivity contribution in [2.24, 2.45) is 0 Å². The zero-order chi connectivity index (χ0) is 26.4. The van der Waals surface area contributed by atoms with Crippen molar-refractivity contribution < 1.29 is 36.9 Å². The van der Waals surface area contributed by atoms with Gasteiger partial charge >= 0.3 is 6.18 Å². The quantitative estimate of drug-likeness (QED) is 0.355. The molecule has 0 aliphatic carbocycles. The highest BCUT2D eigenvalue weighted by molar-refractivity contribution is 5.93. The first-order chi connectivity index (χ1) is 17.8. The number of halogens is 3. The first kappa shape index (κ1) is 26.3. The third kappa shape index (κ3) is 6.51. The molecule has 3 aromatic rings. The second-order valence-corrected chi connectivity index (χ2v) is 8.52. The molecule has 0 bridgehead atoms. The fraction of sp³-hybridized carbons (Fsp3) is 0.333. The Morgan fingerprint density at radius 3 is 2.41 bits per heavy atom. The van der Waals surface area contributed by atoms with Gasteiger partial charge in [-0.3, -0.25) is 9.78 Å². The molecule has 0 unspecified atom stereocenters. The molecule has 1 aromatic heterocycles. The Morgan fingerprint density at radius 2 is 1.73 bits per heavy atom. The van der Waals surface area contributed by atoms with Crippen molar-refractivity contribution in [3.8, 4) is 17.2 Å². The topological polar surface area (TPSA) is 70.1 Å². The van der Waals surface area contributed by atoms with Gasteiger partial charge in [0.1, 0.15) is 24.7 Å². The molecule has 0 atom stereocenters. The Hall–Kier alpha value is -3.79. The van der Waals surface area contributed by atoms with E-state index in [1.165, 1.54) is 19.2 Å². The first-order valence-corrected chi connectivity index (χ1v) is 11.6. The van der Waals surface area contributed by atoms with Crippen LogP contribution in [0.3, 0.4) is 0 Å². The summed E-state index contributed by atoms with van der Waals surface area (Å²) in [5, 5.41) is 0. The summed E-state index contributed by atoms with van der Waals surface area (Å²) in [4.78, 5) is 18.7. The normalized spacial score (nSPS) is 13.7. The minimum Gasteiger partial charge on any atom is -0.493 e. The fourth-order valence-electron chi connectivity index (χ4n) is 3.89. The molecule has 0 radical (unpaired) electrons. The van der Waals surface area contributed by atoms with E-state index in [1.54, 1.807) is 36.4 Å². The van der Waals surface area contributed by atoms with E-state index < -0.39 is 11.7 Å². The smallest absolute Gasteiger partial charge is 0.416 e. The summed E-state index contributed by atoms with van der Waals surface area (Å²) in [6.45, 7) is 1.99. The maximum atomic E-state index is 12.8. The predicted octanol–water partition coefficient (Wildman–Crippen LogP) is 4.95. The molecule has 1 aliphatic rings. The van der Waals surface area contributed by atoms with Crippen LogP contribution in [0.2, 0.25) is 0 Å².